The topological polar surface area (TPSA) is 137 Å². The summed E-state index contributed by atoms with van der Waals surface area (Å²) in [5.74, 6) is 0.730. The first kappa shape index (κ1) is 24.8. The summed E-state index contributed by atoms with van der Waals surface area (Å²) in [6.07, 6.45) is 1.80. The van der Waals surface area contributed by atoms with E-state index in [4.69, 9.17) is 14.6 Å². The Morgan fingerprint density at radius 3 is 2.10 bits per heavy atom. The molecule has 0 aliphatic carbocycles. The monoisotopic (exact) mass is 471 g/mol. The smallest absolute Gasteiger partial charge is 0.262 e. The molecule has 0 spiro atoms. The van der Waals surface area contributed by atoms with Crippen LogP contribution in [0.5, 0.6) is 11.5 Å². The molecule has 4 N–H and O–H groups in total. The molecule has 2 aromatic carbocycles. The summed E-state index contributed by atoms with van der Waals surface area (Å²) in [5.41, 5.74) is 0.523. The maximum atomic E-state index is 13.1. The third kappa shape index (κ3) is 6.74. The van der Waals surface area contributed by atoms with Gasteiger partial charge >= 0.3 is 0 Å². The molecule has 0 heterocycles. The number of anilines is 2. The van der Waals surface area contributed by atoms with Crippen molar-refractivity contribution in [3.63, 3.8) is 0 Å². The van der Waals surface area contributed by atoms with Crippen LogP contribution in [-0.2, 0) is 20.0 Å². The minimum absolute atomic E-state index is 0.0556. The molecule has 0 saturated carbocycles. The second-order valence-corrected chi connectivity index (χ2v) is 9.86. The molecule has 0 aliphatic heterocycles. The Morgan fingerprint density at radius 2 is 1.48 bits per heavy atom. The molecule has 0 aliphatic rings. The lowest BCUT2D eigenvalue weighted by Crippen LogP contribution is -2.17. The number of hydrogen-bond acceptors (Lipinski definition) is 7. The summed E-state index contributed by atoms with van der Waals surface area (Å²) in [4.78, 5) is -0.257. The van der Waals surface area contributed by atoms with Gasteiger partial charge in [-0.15, -0.1) is 0 Å². The van der Waals surface area contributed by atoms with Gasteiger partial charge in [-0.3, -0.25) is 4.72 Å². The van der Waals surface area contributed by atoms with Crippen LogP contribution >= 0.6 is 0 Å². The fourth-order valence-electron chi connectivity index (χ4n) is 2.74. The van der Waals surface area contributed by atoms with Crippen LogP contribution in [0.4, 0.5) is 11.4 Å². The maximum absolute atomic E-state index is 13.1. The second kappa shape index (κ2) is 10.7. The highest BCUT2D eigenvalue weighted by atomic mass is 32.2. The summed E-state index contributed by atoms with van der Waals surface area (Å²) < 4.78 is 63.1. The first-order chi connectivity index (χ1) is 14.6. The van der Waals surface area contributed by atoms with Gasteiger partial charge in [0.1, 0.15) is 0 Å². The molecule has 0 atom stereocenters. The quantitative estimate of drug-likeness (QED) is 0.404. The highest BCUT2D eigenvalue weighted by Gasteiger charge is 2.20. The summed E-state index contributed by atoms with van der Waals surface area (Å²) in [7, 11) is -8.08. The van der Waals surface area contributed by atoms with Crippen molar-refractivity contribution in [3.05, 3.63) is 36.4 Å². The molecule has 0 aromatic heterocycles. The molecule has 0 amide bonds. The van der Waals surface area contributed by atoms with Crippen molar-refractivity contribution < 1.29 is 26.3 Å². The number of benzene rings is 2. The first-order valence-electron chi connectivity index (χ1n) is 9.95. The van der Waals surface area contributed by atoms with Gasteiger partial charge in [0.05, 0.1) is 34.4 Å². The predicted octanol–water partition coefficient (Wildman–Crippen LogP) is 3.14. The van der Waals surface area contributed by atoms with Crippen LogP contribution in [0.3, 0.4) is 0 Å². The fraction of sp³-hybridized carbons (Fsp3) is 0.400. The minimum Gasteiger partial charge on any atom is -0.490 e. The summed E-state index contributed by atoms with van der Waals surface area (Å²) in [6.45, 7) is 6.95. The second-order valence-electron chi connectivity index (χ2n) is 6.61. The Balaban J connectivity index is 2.45. The molecule has 0 unspecified atom stereocenters. The van der Waals surface area contributed by atoms with Crippen molar-refractivity contribution in [2.24, 2.45) is 5.14 Å². The molecule has 9 nitrogen and oxygen atoms in total. The molecule has 11 heteroatoms. The maximum Gasteiger partial charge on any atom is 0.262 e. The molecule has 0 radical (unpaired) electrons. The predicted molar refractivity (Wildman–Crippen MR) is 121 cm³/mol. The highest BCUT2D eigenvalue weighted by molar-refractivity contribution is 7.92. The Hall–Kier alpha value is -2.50. The third-order valence-corrected chi connectivity index (χ3v) is 6.51. The average Bonchev–Trinajstić information content (AvgIpc) is 2.70. The van der Waals surface area contributed by atoms with E-state index < -0.39 is 20.0 Å². The Kier molecular flexibility index (Phi) is 8.54. The number of nitrogens with two attached hydrogens (primary N) is 1. The van der Waals surface area contributed by atoms with Gasteiger partial charge in [-0.2, -0.15) is 0 Å². The Labute approximate surface area is 184 Å². The lowest BCUT2D eigenvalue weighted by molar-refractivity contribution is 0.287. The first-order valence-corrected chi connectivity index (χ1v) is 13.0. The van der Waals surface area contributed by atoms with E-state index in [9.17, 15) is 16.8 Å². The van der Waals surface area contributed by atoms with Crippen LogP contribution in [0.1, 0.15) is 33.6 Å². The van der Waals surface area contributed by atoms with E-state index in [0.29, 0.717) is 36.9 Å². The van der Waals surface area contributed by atoms with Crippen molar-refractivity contribution in [2.75, 3.05) is 29.8 Å². The largest absolute Gasteiger partial charge is 0.490 e. The van der Waals surface area contributed by atoms with Gasteiger partial charge in [-0.25, -0.2) is 22.0 Å². The molecule has 2 aromatic rings. The summed E-state index contributed by atoms with van der Waals surface area (Å²) in [6, 6.07) is 8.28. The number of rotatable bonds is 12. The van der Waals surface area contributed by atoms with Gasteiger partial charge in [0.2, 0.25) is 10.0 Å². The number of ether oxygens (including phenoxy) is 2. The van der Waals surface area contributed by atoms with Crippen LogP contribution in [-0.4, -0.2) is 36.6 Å². The molecule has 0 saturated heterocycles. The Morgan fingerprint density at radius 1 is 0.839 bits per heavy atom. The molecule has 31 heavy (non-hydrogen) atoms. The van der Waals surface area contributed by atoms with E-state index in [1.807, 2.05) is 13.8 Å². The highest BCUT2D eigenvalue weighted by Crippen LogP contribution is 2.32. The van der Waals surface area contributed by atoms with Gasteiger partial charge in [0.15, 0.2) is 11.5 Å². The van der Waals surface area contributed by atoms with Gasteiger partial charge in [-0.1, -0.05) is 13.3 Å². The van der Waals surface area contributed by atoms with Gasteiger partial charge in [-0.05, 0) is 50.6 Å². The number of sulfonamides is 2. The van der Waals surface area contributed by atoms with Crippen LogP contribution < -0.4 is 24.7 Å². The van der Waals surface area contributed by atoms with Gasteiger partial charge < -0.3 is 14.8 Å². The zero-order chi connectivity index (χ0) is 23.1. The molecule has 172 valence electrons. The lowest BCUT2D eigenvalue weighted by Gasteiger charge is -2.16. The zero-order valence-electron chi connectivity index (χ0n) is 17.8. The summed E-state index contributed by atoms with van der Waals surface area (Å²) >= 11 is 0. The minimum atomic E-state index is -4.06. The SMILES string of the molecule is CCCCNc1ccc(S(N)(=O)=O)cc1NS(=O)(=O)c1ccc(OCC)c(OCC)c1. The standard InChI is InChI=1S/C20H29N3O6S2/c1-4-7-12-22-17-10-8-15(30(21,24)25)13-18(17)23-31(26,27)16-9-11-19(28-5-2)20(14-16)29-6-3/h8-11,13-14,22-23H,4-7,12H2,1-3H3,(H2,21,24,25). The third-order valence-electron chi connectivity index (χ3n) is 4.23. The molecule has 0 bridgehead atoms. The van der Waals surface area contributed by atoms with Crippen molar-refractivity contribution >= 4 is 31.4 Å². The van der Waals surface area contributed by atoms with Crippen molar-refractivity contribution in [3.8, 4) is 11.5 Å². The van der Waals surface area contributed by atoms with E-state index >= 15 is 0 Å². The molecule has 2 rings (SSSR count). The zero-order valence-corrected chi connectivity index (χ0v) is 19.5. The number of hydrogen-bond donors (Lipinski definition) is 3. The van der Waals surface area contributed by atoms with E-state index in [1.54, 1.807) is 6.92 Å². The Bertz CT molecular complexity index is 1100. The fourth-order valence-corrected chi connectivity index (χ4v) is 4.37. The van der Waals surface area contributed by atoms with Crippen LogP contribution in [0.25, 0.3) is 0 Å². The van der Waals surface area contributed by atoms with E-state index in [1.165, 1.54) is 36.4 Å². The van der Waals surface area contributed by atoms with Crippen molar-refractivity contribution in [2.45, 2.75) is 43.4 Å². The summed E-state index contributed by atoms with van der Waals surface area (Å²) in [5, 5.41) is 8.33. The molecular formula is C20H29N3O6S2. The number of unbranched alkanes of at least 4 members (excludes halogenated alkanes) is 1. The van der Waals surface area contributed by atoms with Crippen LogP contribution in [0, 0.1) is 0 Å². The van der Waals surface area contributed by atoms with E-state index in [0.717, 1.165) is 12.8 Å². The lowest BCUT2D eigenvalue weighted by atomic mass is 10.2. The number of nitrogens with one attached hydrogen (secondary N) is 2. The normalized spacial score (nSPS) is 11.7. The van der Waals surface area contributed by atoms with Gasteiger partial charge in [0, 0.05) is 12.6 Å². The average molecular weight is 472 g/mol. The van der Waals surface area contributed by atoms with E-state index in [2.05, 4.69) is 10.0 Å². The number of primary sulfonamides is 1. The van der Waals surface area contributed by atoms with Crippen molar-refractivity contribution in [1.29, 1.82) is 0 Å². The van der Waals surface area contributed by atoms with Crippen LogP contribution in [0.2, 0.25) is 0 Å². The molecule has 0 fully saturated rings. The van der Waals surface area contributed by atoms with Crippen LogP contribution in [0.15, 0.2) is 46.2 Å². The van der Waals surface area contributed by atoms with Gasteiger partial charge in [0.25, 0.3) is 10.0 Å². The molecular weight excluding hydrogens is 442 g/mol. The van der Waals surface area contributed by atoms with Crippen molar-refractivity contribution in [1.82, 2.24) is 0 Å². The van der Waals surface area contributed by atoms with E-state index in [-0.39, 0.29) is 15.5 Å².